The average Bonchev–Trinajstić information content (AvgIpc) is 3.19. The quantitative estimate of drug-likeness (QED) is 0.444. The van der Waals surface area contributed by atoms with Gasteiger partial charge in [0.05, 0.1) is 5.52 Å². The van der Waals surface area contributed by atoms with Crippen molar-refractivity contribution >= 4 is 33.9 Å². The summed E-state index contributed by atoms with van der Waals surface area (Å²) in [5, 5.41) is 21.8. The van der Waals surface area contributed by atoms with Crippen molar-refractivity contribution in [3.63, 3.8) is 0 Å². The molecule has 2 aliphatic rings. The predicted octanol–water partition coefficient (Wildman–Crippen LogP) is 3.94. The Morgan fingerprint density at radius 1 is 1.35 bits per heavy atom. The van der Waals surface area contributed by atoms with Gasteiger partial charge < -0.3 is 15.4 Å². The van der Waals surface area contributed by atoms with Crippen LogP contribution in [0.15, 0.2) is 40.6 Å². The number of H-pyrrole nitrogens is 1. The molecule has 1 saturated carbocycles. The van der Waals surface area contributed by atoms with Crippen LogP contribution in [0, 0.1) is 17.7 Å². The van der Waals surface area contributed by atoms with Crippen LogP contribution in [0.3, 0.4) is 0 Å². The predicted molar refractivity (Wildman–Crippen MR) is 89.3 cm³/mol. The first-order valence-corrected chi connectivity index (χ1v) is 7.92. The summed E-state index contributed by atoms with van der Waals surface area (Å²) in [6, 6.07) is 4.46. The van der Waals surface area contributed by atoms with E-state index in [2.05, 4.69) is 32.7 Å². The van der Waals surface area contributed by atoms with Crippen LogP contribution in [-0.4, -0.2) is 21.2 Å². The van der Waals surface area contributed by atoms with Crippen molar-refractivity contribution in [2.45, 2.75) is 18.9 Å². The van der Waals surface area contributed by atoms with Gasteiger partial charge in [-0.15, -0.1) is 10.2 Å². The van der Waals surface area contributed by atoms with Crippen LogP contribution < -0.4 is 5.32 Å². The monoisotopic (exact) mass is 330 g/mol. The normalized spacial score (nSPS) is 25.7. The topological polar surface area (TPSA) is 72.8 Å². The average molecular weight is 330 g/mol. The lowest BCUT2D eigenvalue weighted by atomic mass is 10.0. The molecule has 0 unspecified atom stereocenters. The number of hydrogen-bond acceptors (Lipinski definition) is 3. The number of aromatic nitrogens is 1. The number of nitrogens with zero attached hydrogens (tertiary/aromatic N) is 2. The summed E-state index contributed by atoms with van der Waals surface area (Å²) in [6.45, 7) is 0. The van der Waals surface area contributed by atoms with Crippen molar-refractivity contribution in [2.24, 2.45) is 22.1 Å². The van der Waals surface area contributed by atoms with E-state index in [0.717, 1.165) is 6.42 Å². The van der Waals surface area contributed by atoms with Gasteiger partial charge in [-0.05, 0) is 55.1 Å². The molecule has 23 heavy (non-hydrogen) atoms. The fourth-order valence-electron chi connectivity index (χ4n) is 3.47. The third kappa shape index (κ3) is 2.61. The molecule has 2 bridgehead atoms. The summed E-state index contributed by atoms with van der Waals surface area (Å²) in [5.74, 6) is 0.587. The molecule has 2 aliphatic carbocycles. The van der Waals surface area contributed by atoms with E-state index in [1.54, 1.807) is 6.07 Å². The van der Waals surface area contributed by atoms with Crippen molar-refractivity contribution in [3.05, 3.63) is 36.2 Å². The largest absolute Gasteiger partial charge is 0.493 e. The van der Waals surface area contributed by atoms with Gasteiger partial charge in [-0.25, -0.2) is 4.39 Å². The van der Waals surface area contributed by atoms with Gasteiger partial charge in [0.1, 0.15) is 5.82 Å². The van der Waals surface area contributed by atoms with Crippen LogP contribution >= 0.6 is 12.2 Å². The summed E-state index contributed by atoms with van der Waals surface area (Å²) in [5.41, 5.74) is 0.784. The van der Waals surface area contributed by atoms with Crippen molar-refractivity contribution < 1.29 is 9.50 Å². The number of benzene rings is 1. The van der Waals surface area contributed by atoms with Crippen LogP contribution in [0.1, 0.15) is 12.8 Å². The van der Waals surface area contributed by atoms with Gasteiger partial charge in [0, 0.05) is 11.4 Å². The zero-order valence-electron chi connectivity index (χ0n) is 12.2. The third-order valence-electron chi connectivity index (χ3n) is 4.54. The zero-order chi connectivity index (χ0) is 16.0. The van der Waals surface area contributed by atoms with Gasteiger partial charge in [0.2, 0.25) is 11.0 Å². The Hall–Kier alpha value is -2.28. The lowest BCUT2D eigenvalue weighted by molar-refractivity contribution is 0.459. The molecule has 1 aromatic heterocycles. The van der Waals surface area contributed by atoms with E-state index in [1.165, 1.54) is 18.6 Å². The number of azo groups is 1. The van der Waals surface area contributed by atoms with Crippen molar-refractivity contribution in [1.82, 2.24) is 10.3 Å². The molecule has 1 heterocycles. The molecule has 3 N–H and O–H groups in total. The summed E-state index contributed by atoms with van der Waals surface area (Å²) < 4.78 is 13.4. The summed E-state index contributed by atoms with van der Waals surface area (Å²) >= 11 is 5.21. The van der Waals surface area contributed by atoms with E-state index in [9.17, 15) is 9.50 Å². The molecular formula is C16H15FN4OS. The maximum Gasteiger partial charge on any atom is 0.218 e. The zero-order valence-corrected chi connectivity index (χ0v) is 13.0. The molecule has 7 heteroatoms. The molecule has 3 atom stereocenters. The van der Waals surface area contributed by atoms with E-state index < -0.39 is 5.82 Å². The molecule has 1 aromatic carbocycles. The number of thiocarbonyl (C=S) groups is 1. The highest BCUT2D eigenvalue weighted by atomic mass is 32.1. The Labute approximate surface area is 137 Å². The van der Waals surface area contributed by atoms with Gasteiger partial charge in [-0.3, -0.25) is 0 Å². The van der Waals surface area contributed by atoms with E-state index in [4.69, 9.17) is 12.2 Å². The first-order valence-electron chi connectivity index (χ1n) is 7.51. The Bertz CT molecular complexity index is 844. The second-order valence-electron chi connectivity index (χ2n) is 6.05. The summed E-state index contributed by atoms with van der Waals surface area (Å²) in [6.07, 6.45) is 6.70. The minimum absolute atomic E-state index is 0.153. The fourth-order valence-corrected chi connectivity index (χ4v) is 3.66. The fraction of sp³-hybridized carbons (Fsp3) is 0.312. The standard InChI is InChI=1S/C16H15FN4OS/c17-10-3-4-12-11(7-10)14(15(22)18-12)20-21-16(23)19-13-6-8-1-2-9(13)5-8/h1-4,7-9,13,18,22H,5-6H2,(H,19,23)/t8-,9+,13-/m1/s1. The molecule has 1 fully saturated rings. The first-order chi connectivity index (χ1) is 11.1. The SMILES string of the molecule is Oc1[nH]c2ccc(F)cc2c1N=NC(=S)N[C@@H]1C[C@@H]2C=C[C@H]1C2. The van der Waals surface area contributed by atoms with E-state index in [0.29, 0.717) is 28.8 Å². The highest BCUT2D eigenvalue weighted by Gasteiger charge is 2.35. The number of nitrogens with one attached hydrogen (secondary N) is 2. The van der Waals surface area contributed by atoms with Gasteiger partial charge in [0.25, 0.3) is 0 Å². The highest BCUT2D eigenvalue weighted by molar-refractivity contribution is 7.80. The van der Waals surface area contributed by atoms with Gasteiger partial charge in [-0.2, -0.15) is 0 Å². The molecule has 0 saturated heterocycles. The van der Waals surface area contributed by atoms with Crippen LogP contribution in [0.2, 0.25) is 0 Å². The number of hydrogen-bond donors (Lipinski definition) is 3. The van der Waals surface area contributed by atoms with E-state index in [-0.39, 0.29) is 16.7 Å². The smallest absolute Gasteiger partial charge is 0.218 e. The molecule has 2 aromatic rings. The molecule has 0 spiro atoms. The van der Waals surface area contributed by atoms with Crippen molar-refractivity contribution in [3.8, 4) is 5.88 Å². The Morgan fingerprint density at radius 3 is 2.96 bits per heavy atom. The third-order valence-corrected chi connectivity index (χ3v) is 4.74. The lowest BCUT2D eigenvalue weighted by Gasteiger charge is -2.19. The number of halogens is 1. The Kier molecular flexibility index (Phi) is 3.37. The second kappa shape index (κ2) is 5.42. The number of rotatable bonds is 2. The highest BCUT2D eigenvalue weighted by Crippen LogP contribution is 2.39. The molecular weight excluding hydrogens is 315 g/mol. The molecule has 118 valence electrons. The van der Waals surface area contributed by atoms with Crippen LogP contribution in [0.25, 0.3) is 10.9 Å². The van der Waals surface area contributed by atoms with Crippen molar-refractivity contribution in [2.75, 3.05) is 0 Å². The maximum atomic E-state index is 13.4. The summed E-state index contributed by atoms with van der Waals surface area (Å²) in [4.78, 5) is 2.74. The van der Waals surface area contributed by atoms with Gasteiger partial charge >= 0.3 is 0 Å². The van der Waals surface area contributed by atoms with Crippen LogP contribution in [0.4, 0.5) is 10.1 Å². The number of aromatic amines is 1. The summed E-state index contributed by atoms with van der Waals surface area (Å²) in [7, 11) is 0. The lowest BCUT2D eigenvalue weighted by Crippen LogP contribution is -2.35. The Balaban J connectivity index is 1.52. The minimum Gasteiger partial charge on any atom is -0.493 e. The van der Waals surface area contributed by atoms with Crippen LogP contribution in [-0.2, 0) is 0 Å². The van der Waals surface area contributed by atoms with Crippen molar-refractivity contribution in [1.29, 1.82) is 0 Å². The molecule has 5 nitrogen and oxygen atoms in total. The second-order valence-corrected chi connectivity index (χ2v) is 6.44. The van der Waals surface area contributed by atoms with E-state index in [1.807, 2.05) is 0 Å². The number of allylic oxidation sites excluding steroid dienone is 1. The van der Waals surface area contributed by atoms with E-state index >= 15 is 0 Å². The molecule has 4 rings (SSSR count). The molecule has 0 radical (unpaired) electrons. The van der Waals surface area contributed by atoms with Gasteiger partial charge in [0.15, 0.2) is 5.69 Å². The van der Waals surface area contributed by atoms with Crippen LogP contribution in [0.5, 0.6) is 5.88 Å². The Morgan fingerprint density at radius 2 is 2.22 bits per heavy atom. The number of fused-ring (bicyclic) bond motifs is 3. The molecule has 0 amide bonds. The maximum absolute atomic E-state index is 13.4. The minimum atomic E-state index is -0.401. The number of aromatic hydroxyl groups is 1. The first kappa shape index (κ1) is 14.3. The van der Waals surface area contributed by atoms with Gasteiger partial charge in [-0.1, -0.05) is 12.2 Å². The molecule has 0 aliphatic heterocycles.